The molecule has 2 atom stereocenters. The van der Waals surface area contributed by atoms with Crippen molar-refractivity contribution in [3.63, 3.8) is 0 Å². The van der Waals surface area contributed by atoms with Gasteiger partial charge in [-0.15, -0.1) is 0 Å². The summed E-state index contributed by atoms with van der Waals surface area (Å²) in [6.45, 7) is 0. The highest BCUT2D eigenvalue weighted by Crippen LogP contribution is 2.40. The van der Waals surface area contributed by atoms with Crippen LogP contribution in [0.4, 0.5) is 0 Å². The van der Waals surface area contributed by atoms with Gasteiger partial charge in [0.05, 0.1) is 5.69 Å². The summed E-state index contributed by atoms with van der Waals surface area (Å²) < 4.78 is 0. The van der Waals surface area contributed by atoms with E-state index in [0.717, 1.165) is 92.4 Å². The van der Waals surface area contributed by atoms with Crippen LogP contribution < -0.4 is 0 Å². The van der Waals surface area contributed by atoms with E-state index < -0.39 is 0 Å². The summed E-state index contributed by atoms with van der Waals surface area (Å²) in [6.07, 6.45) is 46.7. The lowest BCUT2D eigenvalue weighted by Crippen LogP contribution is -2.15. The van der Waals surface area contributed by atoms with Crippen LogP contribution in [-0.2, 0) is 0 Å². The van der Waals surface area contributed by atoms with Gasteiger partial charge in [0.25, 0.3) is 0 Å². The summed E-state index contributed by atoms with van der Waals surface area (Å²) in [5.74, 6) is 4.06. The van der Waals surface area contributed by atoms with E-state index in [1.807, 2.05) is 0 Å². The van der Waals surface area contributed by atoms with Crippen LogP contribution >= 0.6 is 0 Å². The van der Waals surface area contributed by atoms with Crippen LogP contribution in [0.2, 0.25) is 0 Å². The highest BCUT2D eigenvalue weighted by atomic mass is 15.0. The van der Waals surface area contributed by atoms with Crippen molar-refractivity contribution >= 4 is 16.7 Å². The Morgan fingerprint density at radius 2 is 1.38 bits per heavy atom. The van der Waals surface area contributed by atoms with Gasteiger partial charge in [-0.25, -0.2) is 15.0 Å². The zero-order chi connectivity index (χ0) is 32.1. The fraction of sp³-hybridized carbons (Fsp3) is 0.500. The third-order valence-corrected chi connectivity index (χ3v) is 11.8. The SMILES string of the molecule is C1=CC(C2C=CC(c3nc(C4=CC=C(C5CCCCC5)CC4)nc(-c4cc(C5=CCCCC5)cnc4C4=CCCCC4)n3)CC2)=CCC1. The van der Waals surface area contributed by atoms with E-state index in [1.165, 1.54) is 92.1 Å². The standard InChI is InChI=1S/C44H52N4/c1-5-13-31(14-6-1)34-21-25-37(26-22-34)42-46-43(38-27-23-35(24-28-38)32-15-7-2-8-16-32)48-44(47-42)40-29-39(33-17-9-3-10-18-33)30-45-41(40)36-19-11-4-12-20-36/h5,13-14,17,19,21,23,25,27,29-30,32,34,37H,1-4,6-12,15-16,18,20,22,24,26,28H2. The summed E-state index contributed by atoms with van der Waals surface area (Å²) >= 11 is 0. The first-order valence-corrected chi connectivity index (χ1v) is 19.4. The van der Waals surface area contributed by atoms with Gasteiger partial charge in [-0.2, -0.15) is 0 Å². The van der Waals surface area contributed by atoms with Crippen LogP contribution in [0.3, 0.4) is 0 Å². The average molecular weight is 637 g/mol. The molecule has 1 saturated carbocycles. The van der Waals surface area contributed by atoms with Crippen molar-refractivity contribution in [3.8, 4) is 11.4 Å². The molecule has 248 valence electrons. The lowest BCUT2D eigenvalue weighted by Gasteiger charge is -2.27. The monoisotopic (exact) mass is 636 g/mol. The molecule has 4 nitrogen and oxygen atoms in total. The Hall–Kier alpha value is -3.66. The fourth-order valence-corrected chi connectivity index (χ4v) is 8.92. The molecular formula is C44H52N4. The van der Waals surface area contributed by atoms with Gasteiger partial charge in [0, 0.05) is 23.6 Å². The zero-order valence-corrected chi connectivity index (χ0v) is 28.8. The second-order valence-corrected chi connectivity index (χ2v) is 15.0. The number of allylic oxidation sites excluding steroid dienone is 14. The average Bonchev–Trinajstić information content (AvgIpc) is 3.19. The Morgan fingerprint density at radius 1 is 0.583 bits per heavy atom. The second-order valence-electron chi connectivity index (χ2n) is 15.0. The van der Waals surface area contributed by atoms with E-state index in [2.05, 4.69) is 66.9 Å². The van der Waals surface area contributed by atoms with Crippen LogP contribution in [-0.4, -0.2) is 19.9 Å². The molecule has 0 bridgehead atoms. The predicted octanol–water partition coefficient (Wildman–Crippen LogP) is 11.9. The Bertz CT molecular complexity index is 1720. The minimum absolute atomic E-state index is 0.196. The molecule has 6 aliphatic carbocycles. The van der Waals surface area contributed by atoms with Gasteiger partial charge in [-0.1, -0.05) is 79.5 Å². The maximum Gasteiger partial charge on any atom is 0.165 e. The van der Waals surface area contributed by atoms with Crippen LogP contribution in [0.1, 0.15) is 151 Å². The van der Waals surface area contributed by atoms with Crippen molar-refractivity contribution in [2.24, 2.45) is 11.8 Å². The molecule has 8 rings (SSSR count). The molecular weight excluding hydrogens is 585 g/mol. The van der Waals surface area contributed by atoms with Crippen LogP contribution in [0, 0.1) is 11.8 Å². The molecule has 2 aromatic heterocycles. The first-order valence-electron chi connectivity index (χ1n) is 19.4. The lowest BCUT2D eigenvalue weighted by molar-refractivity contribution is 0.395. The van der Waals surface area contributed by atoms with E-state index in [0.29, 0.717) is 5.92 Å². The van der Waals surface area contributed by atoms with Crippen LogP contribution in [0.15, 0.2) is 78.1 Å². The third kappa shape index (κ3) is 7.05. The quantitative estimate of drug-likeness (QED) is 0.284. The minimum Gasteiger partial charge on any atom is -0.255 e. The number of nitrogens with zero attached hydrogens (tertiary/aromatic N) is 4. The summed E-state index contributed by atoms with van der Waals surface area (Å²) in [5, 5.41) is 0. The van der Waals surface area contributed by atoms with Crippen LogP contribution in [0.25, 0.3) is 28.1 Å². The molecule has 0 radical (unpaired) electrons. The van der Waals surface area contributed by atoms with Crippen molar-refractivity contribution in [2.45, 2.75) is 128 Å². The predicted molar refractivity (Wildman–Crippen MR) is 199 cm³/mol. The Morgan fingerprint density at radius 3 is 2.08 bits per heavy atom. The smallest absolute Gasteiger partial charge is 0.165 e. The minimum atomic E-state index is 0.196. The molecule has 0 aromatic carbocycles. The maximum atomic E-state index is 5.36. The summed E-state index contributed by atoms with van der Waals surface area (Å²) in [4.78, 5) is 21.2. The van der Waals surface area contributed by atoms with E-state index in [1.54, 1.807) is 5.57 Å². The van der Waals surface area contributed by atoms with Gasteiger partial charge < -0.3 is 0 Å². The molecule has 2 heterocycles. The maximum absolute atomic E-state index is 5.36. The van der Waals surface area contributed by atoms with Gasteiger partial charge >= 0.3 is 0 Å². The van der Waals surface area contributed by atoms with Crippen molar-refractivity contribution in [3.05, 3.63) is 101 Å². The Labute approximate surface area is 288 Å². The molecule has 48 heavy (non-hydrogen) atoms. The Balaban J connectivity index is 1.21. The van der Waals surface area contributed by atoms with Gasteiger partial charge in [0.2, 0.25) is 0 Å². The van der Waals surface area contributed by atoms with Crippen LogP contribution in [0.5, 0.6) is 0 Å². The molecule has 2 unspecified atom stereocenters. The third-order valence-electron chi connectivity index (χ3n) is 11.8. The molecule has 0 spiro atoms. The van der Waals surface area contributed by atoms with Gasteiger partial charge in [-0.05, 0) is 143 Å². The molecule has 0 saturated heterocycles. The number of rotatable bonds is 7. The van der Waals surface area contributed by atoms with Gasteiger partial charge in [0.15, 0.2) is 11.6 Å². The van der Waals surface area contributed by atoms with Crippen molar-refractivity contribution < 1.29 is 0 Å². The topological polar surface area (TPSA) is 51.6 Å². The van der Waals surface area contributed by atoms with E-state index in [-0.39, 0.29) is 5.92 Å². The normalized spacial score (nSPS) is 25.1. The van der Waals surface area contributed by atoms with E-state index in [4.69, 9.17) is 19.9 Å². The number of pyridine rings is 1. The van der Waals surface area contributed by atoms with E-state index in [9.17, 15) is 0 Å². The first-order chi connectivity index (χ1) is 23.8. The van der Waals surface area contributed by atoms with E-state index >= 15 is 0 Å². The molecule has 6 aliphatic rings. The zero-order valence-electron chi connectivity index (χ0n) is 28.8. The molecule has 2 aromatic rings. The summed E-state index contributed by atoms with van der Waals surface area (Å²) in [7, 11) is 0. The highest BCUT2D eigenvalue weighted by molar-refractivity contribution is 5.80. The largest absolute Gasteiger partial charge is 0.255 e. The number of hydrogen-bond acceptors (Lipinski definition) is 4. The lowest BCUT2D eigenvalue weighted by atomic mass is 9.80. The van der Waals surface area contributed by atoms with Crippen molar-refractivity contribution in [1.29, 1.82) is 0 Å². The van der Waals surface area contributed by atoms with Gasteiger partial charge in [-0.3, -0.25) is 4.98 Å². The number of aromatic nitrogens is 4. The summed E-state index contributed by atoms with van der Waals surface area (Å²) in [6, 6.07) is 2.36. The van der Waals surface area contributed by atoms with Gasteiger partial charge in [0.1, 0.15) is 5.82 Å². The molecule has 4 heteroatoms. The molecule has 0 N–H and O–H groups in total. The molecule has 1 fully saturated rings. The Kier molecular flexibility index (Phi) is 9.77. The fourth-order valence-electron chi connectivity index (χ4n) is 8.92. The van der Waals surface area contributed by atoms with Crippen molar-refractivity contribution in [2.75, 3.05) is 0 Å². The molecule has 0 aliphatic heterocycles. The highest BCUT2D eigenvalue weighted by Gasteiger charge is 2.27. The first kappa shape index (κ1) is 31.6. The number of hydrogen-bond donors (Lipinski definition) is 0. The van der Waals surface area contributed by atoms with Crippen molar-refractivity contribution in [1.82, 2.24) is 19.9 Å². The second kappa shape index (κ2) is 14.8. The summed E-state index contributed by atoms with van der Waals surface area (Å²) in [5.41, 5.74) is 10.6. The molecule has 0 amide bonds.